The number of nitrogens with one attached hydrogen (secondary N) is 5. The summed E-state index contributed by atoms with van der Waals surface area (Å²) in [5.74, 6) is -6.21. The fourth-order valence-electron chi connectivity index (χ4n) is 11.7. The number of aromatic amines is 1. The molecule has 0 spiro atoms. The second kappa shape index (κ2) is 25.0. The molecule has 0 aromatic carbocycles. The Hall–Kier alpha value is -6.60. The van der Waals surface area contributed by atoms with Gasteiger partial charge in [0.05, 0.1) is 0 Å². The highest BCUT2D eigenvalue weighted by molar-refractivity contribution is 6.24. The third-order valence-electron chi connectivity index (χ3n) is 15.7. The van der Waals surface area contributed by atoms with E-state index in [1.807, 2.05) is 27.7 Å². The Bertz CT molecular complexity index is 2700. The van der Waals surface area contributed by atoms with Gasteiger partial charge < -0.3 is 50.7 Å². The van der Waals surface area contributed by atoms with Gasteiger partial charge in [0.25, 0.3) is 11.9 Å². The average Bonchev–Trinajstić information content (AvgIpc) is 3.91. The van der Waals surface area contributed by atoms with E-state index in [0.29, 0.717) is 34.4 Å². The normalized spacial score (nSPS) is 23.9. The lowest BCUT2D eigenvalue weighted by atomic mass is 9.59. The maximum Gasteiger partial charge on any atom is 0.342 e. The molecule has 20 heteroatoms. The highest BCUT2D eigenvalue weighted by Gasteiger charge is 2.51. The molecular formula is C60H91N9O11. The lowest BCUT2D eigenvalue weighted by Crippen LogP contribution is -2.49. The highest BCUT2D eigenvalue weighted by atomic mass is 16.6. The fraction of sp³-hybridized carbons (Fsp3) is 0.667. The predicted molar refractivity (Wildman–Crippen MR) is 309 cm³/mol. The summed E-state index contributed by atoms with van der Waals surface area (Å²) in [6.07, 6.45) is 4.07. The van der Waals surface area contributed by atoms with Gasteiger partial charge in [-0.1, -0.05) is 131 Å². The lowest BCUT2D eigenvalue weighted by Gasteiger charge is -2.50. The van der Waals surface area contributed by atoms with Gasteiger partial charge in [0, 0.05) is 40.6 Å². The number of aromatic nitrogens is 4. The maximum absolute atomic E-state index is 15.5. The highest BCUT2D eigenvalue weighted by Crippen LogP contribution is 2.52. The average molecular weight is 1110 g/mol. The van der Waals surface area contributed by atoms with Crippen LogP contribution in [0, 0.1) is 63.1 Å². The van der Waals surface area contributed by atoms with Crippen molar-refractivity contribution in [2.75, 3.05) is 35.6 Å². The number of carboxylic acid groups (broad SMARTS) is 2. The minimum absolute atomic E-state index is 0.00764. The molecule has 2 aromatic rings. The number of allylic oxidation sites excluding steroid dienone is 1. The number of carbonyl (C=O) groups is 6. The Kier molecular flexibility index (Phi) is 20.1. The largest absolute Gasteiger partial charge is 0.480 e. The van der Waals surface area contributed by atoms with Crippen molar-refractivity contribution >= 4 is 71.3 Å². The standard InChI is InChI=1S/C60H91N9O11/c1-29(2)43-38(63-49(65-40(70)28-78-51(75)31(5)6)45(43)52(76)79-47-34(57(9,10)11)21-32(7)22-35(47)58(12,13)14)25-39-44(30(3)4)46(53(77)80-48-36(59(15,16)17)23-33(8)24-37(48)60(18,19)20)50(64-39)66-56-68-54(61-26-41(71)72)67-55(69-56)62-27-42(73)74/h25,29-30,32-37,47-48,63H,5,21-24,26-28H2,1-4,6-20H3,(H,65,70)(H,71,72)(H,73,74)(H3,61,62,64,66,67,68,69). The number of carboxylic acids is 2. The van der Waals surface area contributed by atoms with Crippen molar-refractivity contribution in [3.05, 3.63) is 45.8 Å². The van der Waals surface area contributed by atoms with Gasteiger partial charge in [-0.15, -0.1) is 0 Å². The van der Waals surface area contributed by atoms with E-state index in [0.717, 1.165) is 25.7 Å². The van der Waals surface area contributed by atoms with E-state index >= 15 is 9.59 Å². The van der Waals surface area contributed by atoms with Gasteiger partial charge in [-0.2, -0.15) is 19.9 Å². The number of anilines is 3. The molecular weight excluding hydrogens is 1020 g/mol. The number of H-pyrrole nitrogens is 1. The van der Waals surface area contributed by atoms with E-state index in [4.69, 9.17) is 19.2 Å². The number of aliphatic carboxylic acids is 2. The first-order valence-electron chi connectivity index (χ1n) is 28.1. The van der Waals surface area contributed by atoms with E-state index < -0.39 is 79.5 Å². The zero-order valence-corrected chi connectivity index (χ0v) is 50.9. The molecule has 0 bridgehead atoms. The monoisotopic (exact) mass is 1110 g/mol. The molecule has 4 unspecified atom stereocenters. The van der Waals surface area contributed by atoms with Gasteiger partial charge in [0.1, 0.15) is 48.1 Å². The van der Waals surface area contributed by atoms with Crippen molar-refractivity contribution in [2.45, 2.75) is 175 Å². The summed E-state index contributed by atoms with van der Waals surface area (Å²) >= 11 is 0. The van der Waals surface area contributed by atoms with Gasteiger partial charge in [-0.3, -0.25) is 14.4 Å². The van der Waals surface area contributed by atoms with E-state index in [-0.39, 0.29) is 91.5 Å². The summed E-state index contributed by atoms with van der Waals surface area (Å²) < 4.78 is 18.9. The maximum atomic E-state index is 15.5. The molecule has 3 aliphatic rings. The molecule has 7 N–H and O–H groups in total. The van der Waals surface area contributed by atoms with Crippen LogP contribution in [0.25, 0.3) is 6.08 Å². The van der Waals surface area contributed by atoms with Gasteiger partial charge in [0.2, 0.25) is 11.9 Å². The Morgan fingerprint density at radius 2 is 1.14 bits per heavy atom. The number of ether oxygens (including phenoxy) is 3. The summed E-state index contributed by atoms with van der Waals surface area (Å²) in [5, 5.41) is 30.4. The quantitative estimate of drug-likeness (QED) is 0.0415. The Morgan fingerprint density at radius 1 is 0.700 bits per heavy atom. The van der Waals surface area contributed by atoms with Crippen molar-refractivity contribution < 1.29 is 53.2 Å². The molecule has 3 heterocycles. The number of amides is 1. The summed E-state index contributed by atoms with van der Waals surface area (Å²) in [5.41, 5.74) is 0.943. The number of nitrogens with zero attached hydrogens (tertiary/aromatic N) is 4. The second-order valence-electron chi connectivity index (χ2n) is 27.4. The molecule has 2 fully saturated rings. The first-order valence-corrected chi connectivity index (χ1v) is 28.1. The van der Waals surface area contributed by atoms with Crippen LogP contribution in [0.5, 0.6) is 0 Å². The Morgan fingerprint density at radius 3 is 1.52 bits per heavy atom. The van der Waals surface area contributed by atoms with Crippen LogP contribution >= 0.6 is 0 Å². The van der Waals surface area contributed by atoms with E-state index in [2.05, 4.69) is 145 Å². The molecule has 5 rings (SSSR count). The Labute approximate surface area is 473 Å². The zero-order valence-electron chi connectivity index (χ0n) is 50.9. The second-order valence-corrected chi connectivity index (χ2v) is 27.4. The molecule has 2 aliphatic carbocycles. The van der Waals surface area contributed by atoms with Gasteiger partial charge in [0.15, 0.2) is 6.61 Å². The van der Waals surface area contributed by atoms with Gasteiger partial charge in [-0.05, 0) is 95.2 Å². The third-order valence-corrected chi connectivity index (χ3v) is 15.7. The summed E-state index contributed by atoms with van der Waals surface area (Å²) in [6.45, 7) is 41.3. The van der Waals surface area contributed by atoms with E-state index in [1.54, 1.807) is 6.08 Å². The van der Waals surface area contributed by atoms with Crippen molar-refractivity contribution in [1.82, 2.24) is 25.3 Å². The molecule has 0 radical (unpaired) electrons. The minimum atomic E-state index is -1.22. The molecule has 442 valence electrons. The van der Waals surface area contributed by atoms with Crippen LogP contribution in [0.4, 0.5) is 23.7 Å². The summed E-state index contributed by atoms with van der Waals surface area (Å²) in [6, 6.07) is 0. The molecule has 1 amide bonds. The molecule has 2 saturated carbocycles. The van der Waals surface area contributed by atoms with Gasteiger partial charge in [-0.25, -0.2) is 14.4 Å². The van der Waals surface area contributed by atoms with Crippen LogP contribution in [-0.2, 0) is 38.2 Å². The van der Waals surface area contributed by atoms with Crippen LogP contribution < -0.4 is 21.3 Å². The molecule has 0 saturated heterocycles. The number of amidine groups is 1. The molecule has 4 atom stereocenters. The fourth-order valence-corrected chi connectivity index (χ4v) is 11.7. The van der Waals surface area contributed by atoms with Crippen LogP contribution in [0.3, 0.4) is 0 Å². The van der Waals surface area contributed by atoms with Crippen molar-refractivity contribution in [3.63, 3.8) is 0 Å². The van der Waals surface area contributed by atoms with E-state index in [9.17, 15) is 29.4 Å². The first kappa shape index (κ1) is 64.2. The van der Waals surface area contributed by atoms with Crippen LogP contribution in [-0.4, -0.2) is 104 Å². The number of hydrogen-bond acceptors (Lipinski definition) is 15. The molecule has 80 heavy (non-hydrogen) atoms. The SMILES string of the molecule is C=C(C)C(=O)OCC(=O)Nc1[nH]c(C=C2NC(=Nc3nc(NCC(=O)O)nc(NCC(=O)O)n3)C(C(=O)OC3C(C(C)(C)C)CC(C)CC3C(C)(C)C)=C2C(C)C)c(C(C)C)c1C(=O)OC1C(C(C)(C)C)CC(C)CC1C(C)(C)C. The van der Waals surface area contributed by atoms with Crippen molar-refractivity contribution in [2.24, 2.45) is 68.1 Å². The first-order chi connectivity index (χ1) is 36.8. The smallest absolute Gasteiger partial charge is 0.342 e. The summed E-state index contributed by atoms with van der Waals surface area (Å²) in [7, 11) is 0. The zero-order chi connectivity index (χ0) is 60.3. The lowest BCUT2D eigenvalue weighted by molar-refractivity contribution is -0.164. The number of aliphatic imine (C=N–C) groups is 1. The topological polar surface area (TPSA) is 286 Å². The predicted octanol–water partition coefficient (Wildman–Crippen LogP) is 10.9. The number of esters is 3. The number of hydrogen-bond donors (Lipinski definition) is 7. The molecule has 2 aromatic heterocycles. The van der Waals surface area contributed by atoms with Crippen LogP contribution in [0.2, 0.25) is 0 Å². The van der Waals surface area contributed by atoms with Gasteiger partial charge >= 0.3 is 29.8 Å². The number of rotatable bonds is 18. The van der Waals surface area contributed by atoms with E-state index in [1.165, 1.54) is 6.92 Å². The Balaban J connectivity index is 1.81. The molecule has 1 aliphatic heterocycles. The number of carbonyl (C=O) groups excluding carboxylic acids is 4. The minimum Gasteiger partial charge on any atom is -0.480 e. The van der Waals surface area contributed by atoms with Crippen LogP contribution in [0.15, 0.2) is 34.0 Å². The van der Waals surface area contributed by atoms with Crippen LogP contribution in [0.1, 0.15) is 185 Å². The third kappa shape index (κ3) is 16.1. The molecule has 20 nitrogen and oxygen atoms in total. The summed E-state index contributed by atoms with van der Waals surface area (Å²) in [4.78, 5) is 101. The van der Waals surface area contributed by atoms with Crippen molar-refractivity contribution in [3.8, 4) is 0 Å². The van der Waals surface area contributed by atoms with Crippen molar-refractivity contribution in [1.29, 1.82) is 0 Å².